The summed E-state index contributed by atoms with van der Waals surface area (Å²) in [4.78, 5) is 11.2. The Morgan fingerprint density at radius 1 is 1.30 bits per heavy atom. The van der Waals surface area contributed by atoms with Gasteiger partial charge >= 0.3 is 0 Å². The fraction of sp³-hybridized carbons (Fsp3) is 0.933. The lowest BCUT2D eigenvalue weighted by Crippen LogP contribution is -2.49. The average molecular weight is 302 g/mol. The summed E-state index contributed by atoms with van der Waals surface area (Å²) < 4.78 is 18.0. The fourth-order valence-corrected chi connectivity index (χ4v) is 3.56. The summed E-state index contributed by atoms with van der Waals surface area (Å²) in [7, 11) is -1.90. The predicted molar refractivity (Wildman–Crippen MR) is 82.3 cm³/mol. The van der Waals surface area contributed by atoms with Crippen LogP contribution < -0.4 is 0 Å². The molecule has 0 aliphatic carbocycles. The molecule has 1 aliphatic heterocycles. The minimum absolute atomic E-state index is 0.104. The number of aldehydes is 1. The molecule has 1 saturated heterocycles. The number of rotatable bonds is 5. The third-order valence-electron chi connectivity index (χ3n) is 4.32. The van der Waals surface area contributed by atoms with Crippen molar-refractivity contribution in [3.63, 3.8) is 0 Å². The van der Waals surface area contributed by atoms with Gasteiger partial charge in [-0.3, -0.25) is 0 Å². The quantitative estimate of drug-likeness (QED) is 0.576. The Bertz CT molecular complexity index is 346. The highest BCUT2D eigenvalue weighted by Crippen LogP contribution is 2.40. The average Bonchev–Trinajstić information content (AvgIpc) is 2.60. The van der Waals surface area contributed by atoms with Crippen LogP contribution in [-0.2, 0) is 18.7 Å². The molecule has 0 radical (unpaired) electrons. The van der Waals surface area contributed by atoms with Gasteiger partial charge in [0.05, 0.1) is 6.10 Å². The number of carbonyl (C=O) groups excluding carboxylic acids is 1. The number of carbonyl (C=O) groups is 1. The van der Waals surface area contributed by atoms with E-state index in [1.165, 1.54) is 0 Å². The highest BCUT2D eigenvalue weighted by atomic mass is 28.4. The largest absolute Gasteiger partial charge is 0.411 e. The van der Waals surface area contributed by atoms with Crippen LogP contribution in [0, 0.1) is 0 Å². The second kappa shape index (κ2) is 5.87. The molecule has 0 aromatic carbocycles. The van der Waals surface area contributed by atoms with Gasteiger partial charge in [-0.05, 0) is 38.4 Å². The molecule has 0 aromatic heterocycles. The van der Waals surface area contributed by atoms with Crippen LogP contribution in [0.2, 0.25) is 18.1 Å². The Morgan fingerprint density at radius 2 is 1.85 bits per heavy atom. The van der Waals surface area contributed by atoms with Gasteiger partial charge in [0.2, 0.25) is 0 Å². The molecule has 1 heterocycles. The summed E-state index contributed by atoms with van der Waals surface area (Å²) in [5.74, 6) is -0.722. The fourth-order valence-electron chi connectivity index (χ4n) is 2.15. The highest BCUT2D eigenvalue weighted by Gasteiger charge is 2.48. The molecule has 0 spiro atoms. The van der Waals surface area contributed by atoms with Gasteiger partial charge in [-0.25, -0.2) is 0 Å². The molecule has 0 amide bonds. The van der Waals surface area contributed by atoms with Crippen molar-refractivity contribution >= 4 is 14.6 Å². The van der Waals surface area contributed by atoms with E-state index in [0.29, 0.717) is 0 Å². The molecule has 5 heteroatoms. The van der Waals surface area contributed by atoms with Crippen LogP contribution in [-0.4, -0.2) is 38.7 Å². The minimum Gasteiger partial charge on any atom is -0.411 e. The zero-order valence-electron chi connectivity index (χ0n) is 14.1. The topological polar surface area (TPSA) is 44.8 Å². The van der Waals surface area contributed by atoms with E-state index in [-0.39, 0.29) is 17.2 Å². The highest BCUT2D eigenvalue weighted by molar-refractivity contribution is 6.74. The van der Waals surface area contributed by atoms with E-state index in [1.807, 2.05) is 13.8 Å². The van der Waals surface area contributed by atoms with Gasteiger partial charge in [0.25, 0.3) is 0 Å². The van der Waals surface area contributed by atoms with Crippen molar-refractivity contribution in [3.05, 3.63) is 0 Å². The molecule has 0 unspecified atom stereocenters. The lowest BCUT2D eigenvalue weighted by molar-refractivity contribution is -0.156. The molecule has 118 valence electrons. The van der Waals surface area contributed by atoms with Gasteiger partial charge in [0.15, 0.2) is 20.4 Å². The third-order valence-corrected chi connectivity index (χ3v) is 8.82. The molecule has 1 aliphatic rings. The zero-order valence-corrected chi connectivity index (χ0v) is 15.1. The van der Waals surface area contributed by atoms with Crippen LogP contribution in [0.1, 0.15) is 48.0 Å². The maximum Gasteiger partial charge on any atom is 0.192 e. The minimum atomic E-state index is -1.90. The third kappa shape index (κ3) is 3.90. The van der Waals surface area contributed by atoms with Gasteiger partial charge in [-0.2, -0.15) is 0 Å². The number of hydrogen-bond donors (Lipinski definition) is 0. The molecule has 3 atom stereocenters. The first-order valence-electron chi connectivity index (χ1n) is 7.42. The van der Waals surface area contributed by atoms with E-state index in [0.717, 1.165) is 12.7 Å². The van der Waals surface area contributed by atoms with E-state index in [4.69, 9.17) is 13.9 Å². The van der Waals surface area contributed by atoms with E-state index in [2.05, 4.69) is 40.8 Å². The maximum atomic E-state index is 11.2. The van der Waals surface area contributed by atoms with Crippen molar-refractivity contribution in [2.24, 2.45) is 0 Å². The van der Waals surface area contributed by atoms with Gasteiger partial charge in [0.1, 0.15) is 12.2 Å². The molecule has 0 saturated carbocycles. The van der Waals surface area contributed by atoms with Gasteiger partial charge in [-0.15, -0.1) is 0 Å². The van der Waals surface area contributed by atoms with Crippen molar-refractivity contribution in [3.8, 4) is 0 Å². The Kier molecular flexibility index (Phi) is 5.23. The van der Waals surface area contributed by atoms with Crippen LogP contribution in [0.25, 0.3) is 0 Å². The Hall–Kier alpha value is -0.233. The van der Waals surface area contributed by atoms with Crippen LogP contribution in [0.3, 0.4) is 0 Å². The predicted octanol–water partition coefficient (Wildman–Crippen LogP) is 3.51. The first-order valence-corrected chi connectivity index (χ1v) is 10.3. The molecule has 20 heavy (non-hydrogen) atoms. The first-order chi connectivity index (χ1) is 8.93. The van der Waals surface area contributed by atoms with Crippen LogP contribution in [0.4, 0.5) is 0 Å². The van der Waals surface area contributed by atoms with Crippen LogP contribution in [0.5, 0.6) is 0 Å². The summed E-state index contributed by atoms with van der Waals surface area (Å²) in [6, 6.07) is 0. The SMILES string of the molecule is CC[C@@H](O[Si](C)(C)C(C)(C)C)[C@@H]1OC(C)(C)O[C@H]1C=O. The second-order valence-corrected chi connectivity index (χ2v) is 12.3. The summed E-state index contributed by atoms with van der Waals surface area (Å²) >= 11 is 0. The second-order valence-electron chi connectivity index (χ2n) is 7.53. The Labute approximate surface area is 124 Å². The zero-order chi connectivity index (χ0) is 15.8. The Morgan fingerprint density at radius 3 is 2.25 bits per heavy atom. The van der Waals surface area contributed by atoms with E-state index in [9.17, 15) is 4.79 Å². The monoisotopic (exact) mass is 302 g/mol. The van der Waals surface area contributed by atoms with E-state index >= 15 is 0 Å². The van der Waals surface area contributed by atoms with Crippen molar-refractivity contribution < 1.29 is 18.7 Å². The standard InChI is InChI=1S/C15H30O4Si/c1-9-11(19-20(7,8)14(2,3)4)13-12(10-16)17-15(5,6)18-13/h10-13H,9H2,1-8H3/t11-,12+,13+/m1/s1. The summed E-state index contributed by atoms with van der Waals surface area (Å²) in [6.07, 6.45) is 0.673. The van der Waals surface area contributed by atoms with Crippen molar-refractivity contribution in [2.75, 3.05) is 0 Å². The smallest absolute Gasteiger partial charge is 0.192 e. The first kappa shape index (κ1) is 17.8. The normalized spacial score (nSPS) is 28.4. The van der Waals surface area contributed by atoms with Crippen LogP contribution >= 0.6 is 0 Å². The van der Waals surface area contributed by atoms with E-state index < -0.39 is 20.2 Å². The molecule has 1 rings (SSSR count). The molecule has 1 fully saturated rings. The molecular formula is C15H30O4Si. The number of hydrogen-bond acceptors (Lipinski definition) is 4. The molecule has 4 nitrogen and oxygen atoms in total. The lowest BCUT2D eigenvalue weighted by Gasteiger charge is -2.40. The van der Waals surface area contributed by atoms with Gasteiger partial charge in [-0.1, -0.05) is 27.7 Å². The molecule has 0 aromatic rings. The molecular weight excluding hydrogens is 272 g/mol. The lowest BCUT2D eigenvalue weighted by atomic mass is 10.1. The Balaban J connectivity index is 2.89. The summed E-state index contributed by atoms with van der Waals surface area (Å²) in [5, 5.41) is 0.131. The molecule has 0 N–H and O–H groups in total. The summed E-state index contributed by atoms with van der Waals surface area (Å²) in [5.41, 5.74) is 0. The van der Waals surface area contributed by atoms with Crippen molar-refractivity contribution in [2.45, 2.75) is 90.2 Å². The molecule has 0 bridgehead atoms. The van der Waals surface area contributed by atoms with Crippen molar-refractivity contribution in [1.29, 1.82) is 0 Å². The van der Waals surface area contributed by atoms with Crippen molar-refractivity contribution in [1.82, 2.24) is 0 Å². The van der Waals surface area contributed by atoms with E-state index in [1.54, 1.807) is 0 Å². The van der Waals surface area contributed by atoms with Crippen LogP contribution in [0.15, 0.2) is 0 Å². The van der Waals surface area contributed by atoms with Gasteiger partial charge in [0, 0.05) is 0 Å². The number of ether oxygens (including phenoxy) is 2. The maximum absolute atomic E-state index is 11.2. The van der Waals surface area contributed by atoms with Gasteiger partial charge < -0.3 is 18.7 Å². The summed E-state index contributed by atoms with van der Waals surface area (Å²) in [6.45, 7) is 16.8.